The minimum absolute atomic E-state index is 0.00481. The van der Waals surface area contributed by atoms with E-state index in [1.165, 1.54) is 0 Å². The van der Waals surface area contributed by atoms with E-state index in [1.807, 2.05) is 20.8 Å². The minimum atomic E-state index is -0.774. The van der Waals surface area contributed by atoms with Gasteiger partial charge in [0.15, 0.2) is 0 Å². The second kappa shape index (κ2) is 5.55. The van der Waals surface area contributed by atoms with Gasteiger partial charge in [-0.15, -0.1) is 6.58 Å². The number of nitrogens with one attached hydrogen (secondary N) is 1. The molecule has 18 heavy (non-hydrogen) atoms. The summed E-state index contributed by atoms with van der Waals surface area (Å²) in [6.45, 7) is 11.8. The predicted octanol–water partition coefficient (Wildman–Crippen LogP) is 1.71. The monoisotopic (exact) mass is 252 g/mol. The topological polar surface area (TPSA) is 49.4 Å². The zero-order chi connectivity index (χ0) is 13.9. The van der Waals surface area contributed by atoms with Crippen molar-refractivity contribution in [2.75, 3.05) is 6.54 Å². The average molecular weight is 252 g/mol. The van der Waals surface area contributed by atoms with Crippen LogP contribution in [0.3, 0.4) is 0 Å². The number of rotatable bonds is 5. The van der Waals surface area contributed by atoms with Gasteiger partial charge in [0.2, 0.25) is 11.8 Å². The molecule has 2 amide bonds. The maximum Gasteiger partial charge on any atom is 0.248 e. The smallest absolute Gasteiger partial charge is 0.248 e. The van der Waals surface area contributed by atoms with Crippen molar-refractivity contribution in [3.8, 4) is 0 Å². The van der Waals surface area contributed by atoms with Gasteiger partial charge in [0.1, 0.15) is 11.6 Å². The highest BCUT2D eigenvalue weighted by Gasteiger charge is 2.47. The Labute approximate surface area is 109 Å². The maximum atomic E-state index is 12.5. The molecule has 0 aromatic carbocycles. The van der Waals surface area contributed by atoms with E-state index in [-0.39, 0.29) is 23.8 Å². The highest BCUT2D eigenvalue weighted by atomic mass is 16.2. The molecule has 1 N–H and O–H groups in total. The molecule has 4 heteroatoms. The maximum absolute atomic E-state index is 12.5. The molecule has 1 heterocycles. The first-order valence-corrected chi connectivity index (χ1v) is 6.65. The largest absolute Gasteiger partial charge is 0.340 e. The van der Waals surface area contributed by atoms with Gasteiger partial charge >= 0.3 is 0 Å². The summed E-state index contributed by atoms with van der Waals surface area (Å²) in [4.78, 5) is 26.4. The first-order chi connectivity index (χ1) is 8.41. The summed E-state index contributed by atoms with van der Waals surface area (Å²) in [5, 5.41) is 2.88. The quantitative estimate of drug-likeness (QED) is 0.757. The molecule has 1 saturated heterocycles. The normalized spacial score (nSPS) is 30.0. The molecule has 1 aliphatic heterocycles. The molecule has 1 aliphatic rings. The highest BCUT2D eigenvalue weighted by Crippen LogP contribution is 2.26. The van der Waals surface area contributed by atoms with Crippen LogP contribution in [0, 0.1) is 5.92 Å². The van der Waals surface area contributed by atoms with Crippen molar-refractivity contribution in [2.45, 2.75) is 52.1 Å². The first kappa shape index (κ1) is 14.7. The Hall–Kier alpha value is -1.32. The summed E-state index contributed by atoms with van der Waals surface area (Å²) in [5.41, 5.74) is -0.774. The van der Waals surface area contributed by atoms with E-state index in [0.29, 0.717) is 13.0 Å². The van der Waals surface area contributed by atoms with E-state index in [4.69, 9.17) is 0 Å². The van der Waals surface area contributed by atoms with Crippen LogP contribution in [0.2, 0.25) is 0 Å². The molecular formula is C14H24N2O2. The molecular weight excluding hydrogens is 228 g/mol. The fraction of sp³-hybridized carbons (Fsp3) is 0.714. The van der Waals surface area contributed by atoms with E-state index in [1.54, 1.807) is 17.9 Å². The van der Waals surface area contributed by atoms with Crippen molar-refractivity contribution in [2.24, 2.45) is 5.92 Å². The fourth-order valence-electron chi connectivity index (χ4n) is 2.35. The second-order valence-corrected chi connectivity index (χ2v) is 5.25. The van der Waals surface area contributed by atoms with Gasteiger partial charge in [0, 0.05) is 6.54 Å². The molecule has 0 saturated carbocycles. The summed E-state index contributed by atoms with van der Waals surface area (Å²) < 4.78 is 0. The van der Waals surface area contributed by atoms with Crippen LogP contribution in [0.5, 0.6) is 0 Å². The molecule has 1 fully saturated rings. The lowest BCUT2D eigenvalue weighted by molar-refractivity contribution is -0.155. The van der Waals surface area contributed by atoms with Crippen LogP contribution < -0.4 is 5.32 Å². The standard InChI is InChI=1S/C14H24N2O2/c1-6-9-16-11(10(4)7-2)12(17)15-14(5,8-3)13(16)18/h6,10-11H,1,7-9H2,2-5H3,(H,15,17). The second-order valence-electron chi connectivity index (χ2n) is 5.25. The molecule has 3 atom stereocenters. The average Bonchev–Trinajstić information content (AvgIpc) is 2.35. The van der Waals surface area contributed by atoms with Gasteiger partial charge in [0.05, 0.1) is 0 Å². The number of piperazine rings is 1. The summed E-state index contributed by atoms with van der Waals surface area (Å²) in [6.07, 6.45) is 3.14. The SMILES string of the molecule is C=CCN1C(=O)C(C)(CC)NC(=O)C1C(C)CC. The van der Waals surface area contributed by atoms with Gasteiger partial charge in [-0.25, -0.2) is 0 Å². The molecule has 3 unspecified atom stereocenters. The molecule has 102 valence electrons. The molecule has 0 aromatic rings. The number of hydrogen-bond donors (Lipinski definition) is 1. The summed E-state index contributed by atoms with van der Waals surface area (Å²) in [5.74, 6) is 0.0975. The molecule has 1 rings (SSSR count). The number of nitrogens with zero attached hydrogens (tertiary/aromatic N) is 1. The number of carbonyl (C=O) groups is 2. The van der Waals surface area contributed by atoms with Gasteiger partial charge in [-0.2, -0.15) is 0 Å². The van der Waals surface area contributed by atoms with E-state index in [9.17, 15) is 9.59 Å². The lowest BCUT2D eigenvalue weighted by atomic mass is 9.87. The molecule has 0 bridgehead atoms. The minimum Gasteiger partial charge on any atom is -0.340 e. The molecule has 0 spiro atoms. The summed E-state index contributed by atoms with van der Waals surface area (Å²) in [7, 11) is 0. The fourth-order valence-corrected chi connectivity index (χ4v) is 2.35. The summed E-state index contributed by atoms with van der Waals surface area (Å²) in [6, 6.07) is -0.375. The van der Waals surface area contributed by atoms with Crippen molar-refractivity contribution < 1.29 is 9.59 Å². The Bertz CT molecular complexity index is 354. The van der Waals surface area contributed by atoms with E-state index in [0.717, 1.165) is 6.42 Å². The summed E-state index contributed by atoms with van der Waals surface area (Å²) >= 11 is 0. The van der Waals surface area contributed by atoms with Crippen molar-refractivity contribution in [3.05, 3.63) is 12.7 Å². The van der Waals surface area contributed by atoms with Crippen LogP contribution in [0.1, 0.15) is 40.5 Å². The third-order valence-electron chi connectivity index (χ3n) is 3.95. The molecule has 4 nitrogen and oxygen atoms in total. The van der Waals surface area contributed by atoms with Gasteiger partial charge in [-0.1, -0.05) is 33.3 Å². The Morgan fingerprint density at radius 1 is 1.50 bits per heavy atom. The van der Waals surface area contributed by atoms with Crippen LogP contribution in [0.4, 0.5) is 0 Å². The van der Waals surface area contributed by atoms with Crippen LogP contribution in [-0.4, -0.2) is 34.8 Å². The van der Waals surface area contributed by atoms with Crippen molar-refractivity contribution in [1.82, 2.24) is 10.2 Å². The van der Waals surface area contributed by atoms with Crippen LogP contribution in [-0.2, 0) is 9.59 Å². The van der Waals surface area contributed by atoms with Crippen LogP contribution >= 0.6 is 0 Å². The first-order valence-electron chi connectivity index (χ1n) is 6.65. The van der Waals surface area contributed by atoms with E-state index < -0.39 is 5.54 Å². The lowest BCUT2D eigenvalue weighted by Crippen LogP contribution is -2.70. The third-order valence-corrected chi connectivity index (χ3v) is 3.95. The van der Waals surface area contributed by atoms with Crippen LogP contribution in [0.25, 0.3) is 0 Å². The highest BCUT2D eigenvalue weighted by molar-refractivity contribution is 5.99. The zero-order valence-corrected chi connectivity index (χ0v) is 11.8. The zero-order valence-electron chi connectivity index (χ0n) is 11.8. The van der Waals surface area contributed by atoms with Gasteiger partial charge in [-0.05, 0) is 19.3 Å². The Morgan fingerprint density at radius 3 is 2.56 bits per heavy atom. The Kier molecular flexibility index (Phi) is 4.54. The van der Waals surface area contributed by atoms with Crippen molar-refractivity contribution in [3.63, 3.8) is 0 Å². The van der Waals surface area contributed by atoms with Crippen LogP contribution in [0.15, 0.2) is 12.7 Å². The van der Waals surface area contributed by atoms with E-state index in [2.05, 4.69) is 11.9 Å². The molecule has 0 aromatic heterocycles. The number of amides is 2. The van der Waals surface area contributed by atoms with E-state index >= 15 is 0 Å². The molecule has 0 aliphatic carbocycles. The number of carbonyl (C=O) groups excluding carboxylic acids is 2. The Balaban J connectivity index is 3.10. The third kappa shape index (κ3) is 2.42. The van der Waals surface area contributed by atoms with Gasteiger partial charge < -0.3 is 10.2 Å². The Morgan fingerprint density at radius 2 is 2.11 bits per heavy atom. The predicted molar refractivity (Wildman–Crippen MR) is 72.0 cm³/mol. The molecule has 0 radical (unpaired) electrons. The lowest BCUT2D eigenvalue weighted by Gasteiger charge is -2.45. The van der Waals surface area contributed by atoms with Crippen molar-refractivity contribution in [1.29, 1.82) is 0 Å². The van der Waals surface area contributed by atoms with Crippen molar-refractivity contribution >= 4 is 11.8 Å². The van der Waals surface area contributed by atoms with Gasteiger partial charge in [0.25, 0.3) is 0 Å². The van der Waals surface area contributed by atoms with Gasteiger partial charge in [-0.3, -0.25) is 9.59 Å². The number of hydrogen-bond acceptors (Lipinski definition) is 2.